The first-order chi connectivity index (χ1) is 9.21. The zero-order valence-electron chi connectivity index (χ0n) is 13.6. The van der Waals surface area contributed by atoms with Crippen molar-refractivity contribution < 1.29 is 0 Å². The highest BCUT2D eigenvalue weighted by Crippen LogP contribution is 2.28. The van der Waals surface area contributed by atoms with Crippen molar-refractivity contribution in [3.8, 4) is 0 Å². The van der Waals surface area contributed by atoms with E-state index < -0.39 is 0 Å². The summed E-state index contributed by atoms with van der Waals surface area (Å²) in [5.41, 5.74) is 7.88. The number of likely N-dealkylation sites (tertiary alicyclic amines) is 1. The maximum Gasteiger partial charge on any atom is 0.0944 e. The van der Waals surface area contributed by atoms with E-state index in [0.29, 0.717) is 0 Å². The number of hydrogen-bond acceptors (Lipinski definition) is 4. The third-order valence-electron chi connectivity index (χ3n) is 4.54. The second kappa shape index (κ2) is 5.74. The number of aromatic nitrogens is 1. The molecule has 1 fully saturated rings. The molecular weight excluding hydrogens is 266 g/mol. The SMILES string of the molecule is CC(C)(C)c1csc(CC(N)C(C)(C)N2CCCC2)n1. The van der Waals surface area contributed by atoms with Crippen LogP contribution < -0.4 is 5.73 Å². The van der Waals surface area contributed by atoms with E-state index >= 15 is 0 Å². The van der Waals surface area contributed by atoms with Gasteiger partial charge in [0.1, 0.15) is 0 Å². The van der Waals surface area contributed by atoms with Gasteiger partial charge in [-0.15, -0.1) is 11.3 Å². The molecule has 0 saturated carbocycles. The standard InChI is InChI=1S/C16H29N3S/c1-15(2,3)13-11-20-14(18-13)10-12(17)16(4,5)19-8-6-7-9-19/h11-12H,6-10,17H2,1-5H3. The van der Waals surface area contributed by atoms with Crippen LogP contribution in [0, 0.1) is 0 Å². The van der Waals surface area contributed by atoms with Crippen LogP contribution in [0.25, 0.3) is 0 Å². The van der Waals surface area contributed by atoms with E-state index in [0.717, 1.165) is 6.42 Å². The van der Waals surface area contributed by atoms with Crippen LogP contribution >= 0.6 is 11.3 Å². The van der Waals surface area contributed by atoms with Crippen molar-refractivity contribution in [2.45, 2.75) is 70.9 Å². The number of thiazole rings is 1. The summed E-state index contributed by atoms with van der Waals surface area (Å²) in [4.78, 5) is 7.32. The summed E-state index contributed by atoms with van der Waals surface area (Å²) < 4.78 is 0. The normalized spacial score (nSPS) is 19.5. The van der Waals surface area contributed by atoms with Gasteiger partial charge in [-0.2, -0.15) is 0 Å². The Kier molecular flexibility index (Phi) is 4.57. The lowest BCUT2D eigenvalue weighted by atomic mass is 9.91. The Morgan fingerprint density at radius 1 is 1.25 bits per heavy atom. The van der Waals surface area contributed by atoms with E-state index in [1.54, 1.807) is 11.3 Å². The second-order valence-corrected chi connectivity index (χ2v) is 8.48. The van der Waals surface area contributed by atoms with Crippen LogP contribution in [0.15, 0.2) is 5.38 Å². The lowest BCUT2D eigenvalue weighted by Crippen LogP contribution is -2.55. The number of nitrogens with two attached hydrogens (primary N) is 1. The van der Waals surface area contributed by atoms with Crippen LogP contribution in [0.1, 0.15) is 58.2 Å². The van der Waals surface area contributed by atoms with Gasteiger partial charge in [-0.3, -0.25) is 4.90 Å². The quantitative estimate of drug-likeness (QED) is 0.927. The van der Waals surface area contributed by atoms with Gasteiger partial charge in [0.25, 0.3) is 0 Å². The summed E-state index contributed by atoms with van der Waals surface area (Å²) in [6.45, 7) is 13.6. The van der Waals surface area contributed by atoms with Gasteiger partial charge in [0.2, 0.25) is 0 Å². The van der Waals surface area contributed by atoms with Crippen molar-refractivity contribution >= 4 is 11.3 Å². The van der Waals surface area contributed by atoms with Crippen molar-refractivity contribution in [1.82, 2.24) is 9.88 Å². The van der Waals surface area contributed by atoms with Gasteiger partial charge in [0, 0.05) is 28.8 Å². The minimum Gasteiger partial charge on any atom is -0.326 e. The van der Waals surface area contributed by atoms with E-state index in [-0.39, 0.29) is 17.0 Å². The average Bonchev–Trinajstić information content (AvgIpc) is 2.98. The van der Waals surface area contributed by atoms with Crippen LogP contribution in [0.5, 0.6) is 0 Å². The van der Waals surface area contributed by atoms with E-state index in [9.17, 15) is 0 Å². The van der Waals surface area contributed by atoms with Crippen LogP contribution in [0.2, 0.25) is 0 Å². The molecule has 0 aliphatic carbocycles. The third-order valence-corrected chi connectivity index (χ3v) is 5.41. The van der Waals surface area contributed by atoms with Crippen molar-refractivity contribution in [2.75, 3.05) is 13.1 Å². The fourth-order valence-electron chi connectivity index (χ4n) is 2.71. The Morgan fingerprint density at radius 2 is 1.85 bits per heavy atom. The van der Waals surface area contributed by atoms with Crippen LogP contribution in [0.4, 0.5) is 0 Å². The lowest BCUT2D eigenvalue weighted by Gasteiger charge is -2.40. The maximum absolute atomic E-state index is 6.51. The Balaban J connectivity index is 2.03. The van der Waals surface area contributed by atoms with Crippen LogP contribution in [-0.4, -0.2) is 34.6 Å². The molecule has 1 unspecified atom stereocenters. The molecule has 1 aromatic rings. The largest absolute Gasteiger partial charge is 0.326 e. The van der Waals surface area contributed by atoms with Crippen molar-refractivity contribution in [3.63, 3.8) is 0 Å². The van der Waals surface area contributed by atoms with Crippen molar-refractivity contribution in [2.24, 2.45) is 5.73 Å². The van der Waals surface area contributed by atoms with E-state index in [2.05, 4.69) is 44.9 Å². The van der Waals surface area contributed by atoms with Gasteiger partial charge < -0.3 is 5.73 Å². The third kappa shape index (κ3) is 3.41. The molecular formula is C16H29N3S. The molecule has 3 nitrogen and oxygen atoms in total. The molecule has 0 radical (unpaired) electrons. The van der Waals surface area contributed by atoms with Crippen molar-refractivity contribution in [3.05, 3.63) is 16.1 Å². The van der Waals surface area contributed by atoms with E-state index in [1.807, 2.05) is 0 Å². The second-order valence-electron chi connectivity index (χ2n) is 7.53. The highest BCUT2D eigenvalue weighted by molar-refractivity contribution is 7.09. The molecule has 2 rings (SSSR count). The first-order valence-corrected chi connectivity index (χ1v) is 8.55. The molecule has 1 aliphatic rings. The minimum atomic E-state index is 0.0596. The predicted octanol–water partition coefficient (Wildman–Crippen LogP) is 3.18. The number of rotatable bonds is 4. The maximum atomic E-state index is 6.51. The molecule has 1 aromatic heterocycles. The van der Waals surface area contributed by atoms with Crippen LogP contribution in [-0.2, 0) is 11.8 Å². The van der Waals surface area contributed by atoms with Crippen molar-refractivity contribution in [1.29, 1.82) is 0 Å². The average molecular weight is 295 g/mol. The van der Waals surface area contributed by atoms with Crippen LogP contribution in [0.3, 0.4) is 0 Å². The molecule has 0 amide bonds. The van der Waals surface area contributed by atoms with E-state index in [1.165, 1.54) is 36.6 Å². The smallest absolute Gasteiger partial charge is 0.0944 e. The highest BCUT2D eigenvalue weighted by atomic mass is 32.1. The zero-order valence-corrected chi connectivity index (χ0v) is 14.4. The summed E-state index contributed by atoms with van der Waals surface area (Å²) in [6, 6.07) is 0.138. The summed E-state index contributed by atoms with van der Waals surface area (Å²) in [6.07, 6.45) is 3.49. The summed E-state index contributed by atoms with van der Waals surface area (Å²) in [7, 11) is 0. The molecule has 0 spiro atoms. The molecule has 1 atom stereocenters. The Hall–Kier alpha value is -0.450. The summed E-state index contributed by atoms with van der Waals surface area (Å²) in [5, 5.41) is 3.36. The highest BCUT2D eigenvalue weighted by Gasteiger charge is 2.35. The molecule has 114 valence electrons. The summed E-state index contributed by atoms with van der Waals surface area (Å²) >= 11 is 1.75. The number of nitrogens with zero attached hydrogens (tertiary/aromatic N) is 2. The Labute approximate surface area is 127 Å². The molecule has 2 heterocycles. The number of hydrogen-bond donors (Lipinski definition) is 1. The monoisotopic (exact) mass is 295 g/mol. The molecule has 4 heteroatoms. The van der Waals surface area contributed by atoms with Gasteiger partial charge >= 0.3 is 0 Å². The first-order valence-electron chi connectivity index (χ1n) is 7.67. The fraction of sp³-hybridized carbons (Fsp3) is 0.812. The molecule has 2 N–H and O–H groups in total. The van der Waals surface area contributed by atoms with Gasteiger partial charge in [0.15, 0.2) is 0 Å². The van der Waals surface area contributed by atoms with Gasteiger partial charge in [-0.05, 0) is 39.8 Å². The lowest BCUT2D eigenvalue weighted by molar-refractivity contribution is 0.123. The fourth-order valence-corrected chi connectivity index (χ4v) is 3.80. The van der Waals surface area contributed by atoms with Gasteiger partial charge in [0.05, 0.1) is 10.7 Å². The Bertz CT molecular complexity index is 439. The first kappa shape index (κ1) is 15.9. The molecule has 0 aromatic carbocycles. The topological polar surface area (TPSA) is 42.1 Å². The predicted molar refractivity (Wildman–Crippen MR) is 87.4 cm³/mol. The molecule has 1 saturated heterocycles. The minimum absolute atomic E-state index is 0.0596. The van der Waals surface area contributed by atoms with Gasteiger partial charge in [-0.1, -0.05) is 20.8 Å². The molecule has 0 bridgehead atoms. The van der Waals surface area contributed by atoms with Gasteiger partial charge in [-0.25, -0.2) is 4.98 Å². The summed E-state index contributed by atoms with van der Waals surface area (Å²) in [5.74, 6) is 0. The zero-order chi connectivity index (χ0) is 15.0. The Morgan fingerprint density at radius 3 is 2.35 bits per heavy atom. The van der Waals surface area contributed by atoms with E-state index in [4.69, 9.17) is 10.7 Å². The molecule has 1 aliphatic heterocycles. The molecule has 20 heavy (non-hydrogen) atoms.